The number of methoxy groups -OCH3 is 2. The molecule has 0 bridgehead atoms. The van der Waals surface area contributed by atoms with E-state index in [1.165, 1.54) is 7.11 Å². The number of rotatable bonds is 4. The van der Waals surface area contributed by atoms with Crippen LogP contribution in [0.5, 0.6) is 5.75 Å². The summed E-state index contributed by atoms with van der Waals surface area (Å²) < 4.78 is 9.87. The van der Waals surface area contributed by atoms with Crippen molar-refractivity contribution in [2.24, 2.45) is 0 Å². The van der Waals surface area contributed by atoms with Gasteiger partial charge in [-0.25, -0.2) is 0 Å². The highest BCUT2D eigenvalue weighted by atomic mass is 16.5. The van der Waals surface area contributed by atoms with Gasteiger partial charge in [-0.3, -0.25) is 4.79 Å². The Morgan fingerprint density at radius 3 is 2.35 bits per heavy atom. The Labute approximate surface area is 104 Å². The number of carbonyl (C=O) groups excluding carboxylic acids is 1. The monoisotopic (exact) mass is 238 g/mol. The summed E-state index contributed by atoms with van der Waals surface area (Å²) in [7, 11) is 3.03. The van der Waals surface area contributed by atoms with Crippen LogP contribution in [0.25, 0.3) is 0 Å². The van der Waals surface area contributed by atoms with Gasteiger partial charge in [0, 0.05) is 0 Å². The first-order valence-electron chi connectivity index (χ1n) is 5.88. The molecule has 17 heavy (non-hydrogen) atoms. The lowest BCUT2D eigenvalue weighted by Crippen LogP contribution is -2.07. The smallest absolute Gasteiger partial charge is 0.306 e. The van der Waals surface area contributed by atoms with Crippen molar-refractivity contribution in [1.29, 1.82) is 0 Å². The molecule has 1 rings (SSSR count). The fourth-order valence-electron chi connectivity index (χ4n) is 1.52. The Morgan fingerprint density at radius 2 is 1.82 bits per heavy atom. The van der Waals surface area contributed by atoms with Gasteiger partial charge in [0.15, 0.2) is 0 Å². The first-order chi connectivity index (χ1) is 8.19. The first-order valence-corrected chi connectivity index (χ1v) is 5.88. The van der Waals surface area contributed by atoms with Gasteiger partial charge in [-0.05, 0) is 17.5 Å². The predicted octanol–water partition coefficient (Wildman–Crippen LogP) is 3.39. The van der Waals surface area contributed by atoms with E-state index in [9.17, 15) is 4.79 Å². The average molecular weight is 238 g/mol. The molecular formula is C14H22O3. The van der Waals surface area contributed by atoms with Crippen LogP contribution in [-0.2, 0) is 9.53 Å². The highest BCUT2D eigenvalue weighted by molar-refractivity contribution is 5.70. The largest absolute Gasteiger partial charge is 0.496 e. The number of esters is 1. The van der Waals surface area contributed by atoms with Gasteiger partial charge in [-0.1, -0.05) is 39.0 Å². The molecule has 1 atom stereocenters. The van der Waals surface area contributed by atoms with Gasteiger partial charge in [0.2, 0.25) is 0 Å². The van der Waals surface area contributed by atoms with Crippen LogP contribution in [0, 0.1) is 0 Å². The van der Waals surface area contributed by atoms with E-state index in [1.807, 2.05) is 45.0 Å². The van der Waals surface area contributed by atoms with E-state index >= 15 is 0 Å². The molecule has 0 amide bonds. The molecule has 0 aliphatic carbocycles. The second-order valence-corrected chi connectivity index (χ2v) is 3.42. The molecule has 96 valence electrons. The van der Waals surface area contributed by atoms with Crippen LogP contribution in [-0.4, -0.2) is 20.2 Å². The van der Waals surface area contributed by atoms with Gasteiger partial charge >= 0.3 is 5.97 Å². The summed E-state index contributed by atoms with van der Waals surface area (Å²) in [5.74, 6) is 0.718. The molecule has 1 aromatic carbocycles. The summed E-state index contributed by atoms with van der Waals surface area (Å²) in [6.07, 6.45) is 0.372. The third kappa shape index (κ3) is 4.89. The minimum absolute atomic E-state index is 0.105. The van der Waals surface area contributed by atoms with Crippen molar-refractivity contribution < 1.29 is 14.3 Å². The second-order valence-electron chi connectivity index (χ2n) is 3.42. The van der Waals surface area contributed by atoms with Crippen LogP contribution in [0.1, 0.15) is 38.7 Å². The molecule has 0 aromatic heterocycles. The minimum atomic E-state index is -0.201. The number of ether oxygens (including phenoxy) is 2. The maximum absolute atomic E-state index is 11.1. The van der Waals surface area contributed by atoms with E-state index in [1.54, 1.807) is 7.11 Å². The van der Waals surface area contributed by atoms with Crippen LogP contribution in [0.3, 0.4) is 0 Å². The molecule has 0 N–H and O–H groups in total. The quantitative estimate of drug-likeness (QED) is 0.754. The molecule has 0 saturated heterocycles. The number of benzene rings is 1. The number of hydrogen-bond acceptors (Lipinski definition) is 3. The van der Waals surface area contributed by atoms with Crippen molar-refractivity contribution >= 4 is 5.97 Å². The summed E-state index contributed by atoms with van der Waals surface area (Å²) in [5, 5.41) is 0. The van der Waals surface area contributed by atoms with Crippen molar-refractivity contribution in [2.45, 2.75) is 33.1 Å². The van der Waals surface area contributed by atoms with Crippen LogP contribution in [0.15, 0.2) is 24.3 Å². The van der Waals surface area contributed by atoms with Gasteiger partial charge in [0.1, 0.15) is 5.75 Å². The first kappa shape index (κ1) is 15.5. The predicted molar refractivity (Wildman–Crippen MR) is 69.4 cm³/mol. The minimum Gasteiger partial charge on any atom is -0.496 e. The van der Waals surface area contributed by atoms with Crippen molar-refractivity contribution in [3.8, 4) is 5.75 Å². The fourth-order valence-corrected chi connectivity index (χ4v) is 1.52. The molecule has 1 unspecified atom stereocenters. The Morgan fingerprint density at radius 1 is 1.24 bits per heavy atom. The fraction of sp³-hybridized carbons (Fsp3) is 0.500. The highest BCUT2D eigenvalue weighted by Gasteiger charge is 2.14. The standard InChI is InChI=1S/C12H16O3.C2H6/c1-9(8-12(13)15-3)10-6-4-5-7-11(10)14-2;1-2/h4-7,9H,8H2,1-3H3;1-2H3. The average Bonchev–Trinajstić information content (AvgIpc) is 2.40. The Balaban J connectivity index is 0.00000121. The SMILES string of the molecule is CC.COC(=O)CC(C)c1ccccc1OC. The van der Waals surface area contributed by atoms with Crippen LogP contribution < -0.4 is 4.74 Å². The van der Waals surface area contributed by atoms with Crippen LogP contribution in [0.4, 0.5) is 0 Å². The highest BCUT2D eigenvalue weighted by Crippen LogP contribution is 2.28. The Kier molecular flexibility index (Phi) is 7.85. The maximum Gasteiger partial charge on any atom is 0.306 e. The van der Waals surface area contributed by atoms with Gasteiger partial charge in [-0.2, -0.15) is 0 Å². The lowest BCUT2D eigenvalue weighted by Gasteiger charge is -2.14. The summed E-state index contributed by atoms with van der Waals surface area (Å²) in [4.78, 5) is 11.1. The van der Waals surface area contributed by atoms with Gasteiger partial charge in [0.05, 0.1) is 20.6 Å². The molecule has 0 aliphatic rings. The molecule has 3 nitrogen and oxygen atoms in total. The van der Waals surface area contributed by atoms with Crippen molar-refractivity contribution in [3.63, 3.8) is 0 Å². The van der Waals surface area contributed by atoms with E-state index < -0.39 is 0 Å². The Hall–Kier alpha value is -1.51. The zero-order chi connectivity index (χ0) is 13.3. The van der Waals surface area contributed by atoms with Gasteiger partial charge in [-0.15, -0.1) is 0 Å². The number of carbonyl (C=O) groups is 1. The summed E-state index contributed by atoms with van der Waals surface area (Å²) >= 11 is 0. The van der Waals surface area contributed by atoms with E-state index in [2.05, 4.69) is 4.74 Å². The van der Waals surface area contributed by atoms with Gasteiger partial charge < -0.3 is 9.47 Å². The molecule has 0 saturated carbocycles. The van der Waals surface area contributed by atoms with Gasteiger partial charge in [0.25, 0.3) is 0 Å². The summed E-state index contributed by atoms with van der Waals surface area (Å²) in [6, 6.07) is 7.70. The molecule has 0 radical (unpaired) electrons. The van der Waals surface area contributed by atoms with Crippen LogP contribution >= 0.6 is 0 Å². The Bertz CT molecular complexity index is 334. The van der Waals surface area contributed by atoms with E-state index in [0.29, 0.717) is 6.42 Å². The van der Waals surface area contributed by atoms with Crippen molar-refractivity contribution in [2.75, 3.05) is 14.2 Å². The summed E-state index contributed by atoms with van der Waals surface area (Å²) in [6.45, 7) is 5.98. The molecule has 3 heteroatoms. The maximum atomic E-state index is 11.1. The second kappa shape index (κ2) is 8.62. The zero-order valence-electron chi connectivity index (χ0n) is 11.3. The van der Waals surface area contributed by atoms with E-state index in [4.69, 9.17) is 4.74 Å². The number of para-hydroxylation sites is 1. The molecule has 0 aliphatic heterocycles. The molecule has 0 fully saturated rings. The topological polar surface area (TPSA) is 35.5 Å². The lowest BCUT2D eigenvalue weighted by atomic mass is 9.97. The zero-order valence-corrected chi connectivity index (χ0v) is 11.3. The van der Waals surface area contributed by atoms with E-state index in [0.717, 1.165) is 11.3 Å². The third-order valence-corrected chi connectivity index (χ3v) is 2.37. The molecule has 0 spiro atoms. The van der Waals surface area contributed by atoms with Crippen molar-refractivity contribution in [1.82, 2.24) is 0 Å². The lowest BCUT2D eigenvalue weighted by molar-refractivity contribution is -0.140. The van der Waals surface area contributed by atoms with E-state index in [-0.39, 0.29) is 11.9 Å². The molecular weight excluding hydrogens is 216 g/mol. The normalized spacial score (nSPS) is 10.9. The molecule has 1 aromatic rings. The third-order valence-electron chi connectivity index (χ3n) is 2.37. The van der Waals surface area contributed by atoms with Crippen LogP contribution in [0.2, 0.25) is 0 Å². The van der Waals surface area contributed by atoms with Crippen molar-refractivity contribution in [3.05, 3.63) is 29.8 Å². The summed E-state index contributed by atoms with van der Waals surface area (Å²) in [5.41, 5.74) is 1.03. The molecule has 0 heterocycles. The number of hydrogen-bond donors (Lipinski definition) is 0.